The van der Waals surface area contributed by atoms with Crippen LogP contribution in [0.25, 0.3) is 0 Å². The molecule has 2 aliphatic rings. The van der Waals surface area contributed by atoms with Crippen molar-refractivity contribution in [2.24, 2.45) is 11.7 Å². The average Bonchev–Trinajstić information content (AvgIpc) is 2.74. The number of carbonyl (C=O) groups is 1. The van der Waals surface area contributed by atoms with Gasteiger partial charge in [-0.05, 0) is 68.8 Å². The molecule has 1 atom stereocenters. The first-order valence-corrected chi connectivity index (χ1v) is 11.6. The first-order chi connectivity index (χ1) is 13.9. The van der Waals surface area contributed by atoms with Crippen LogP contribution in [0.15, 0.2) is 24.3 Å². The molecule has 0 unspecified atom stereocenters. The molecule has 0 bridgehead atoms. The Balaban J connectivity index is 1.53. The van der Waals surface area contributed by atoms with E-state index in [0.29, 0.717) is 29.4 Å². The Morgan fingerprint density at radius 2 is 1.72 bits per heavy atom. The summed E-state index contributed by atoms with van der Waals surface area (Å²) in [6, 6.07) is 8.38. The largest absolute Gasteiger partial charge is 0.341 e. The van der Waals surface area contributed by atoms with Crippen molar-refractivity contribution in [2.75, 3.05) is 32.7 Å². The fraction of sp³-hybridized carbons (Fsp3) is 0.696. The highest BCUT2D eigenvalue weighted by Gasteiger charge is 2.33. The highest BCUT2D eigenvalue weighted by atomic mass is 35.5. The van der Waals surface area contributed by atoms with Gasteiger partial charge in [-0.25, -0.2) is 0 Å². The average molecular weight is 421 g/mol. The number of halogens is 1. The maximum atomic E-state index is 12.9. The normalized spacial score (nSPS) is 20.4. The third kappa shape index (κ3) is 6.42. The van der Waals surface area contributed by atoms with Crippen LogP contribution in [0.2, 0.25) is 5.02 Å². The smallest absolute Gasteiger partial charge is 0.239 e. The van der Waals surface area contributed by atoms with E-state index in [0.717, 1.165) is 51.1 Å². The Kier molecular flexibility index (Phi) is 8.36. The molecule has 2 fully saturated rings. The topological polar surface area (TPSA) is 61.6 Å². The number of rotatable bonds is 7. The molecule has 0 aliphatic carbocycles. The van der Waals surface area contributed by atoms with E-state index in [9.17, 15) is 4.79 Å². The second-order valence-electron chi connectivity index (χ2n) is 9.07. The number of likely N-dealkylation sites (tertiary alicyclic amines) is 1. The first kappa shape index (κ1) is 22.5. The molecule has 1 aromatic rings. The van der Waals surface area contributed by atoms with E-state index in [1.807, 2.05) is 29.2 Å². The van der Waals surface area contributed by atoms with Gasteiger partial charge in [0.2, 0.25) is 5.91 Å². The number of amides is 1. The lowest BCUT2D eigenvalue weighted by Gasteiger charge is -2.44. The summed E-state index contributed by atoms with van der Waals surface area (Å²) in [4.78, 5) is 17.6. The third-order valence-corrected chi connectivity index (χ3v) is 6.54. The fourth-order valence-corrected chi connectivity index (χ4v) is 4.90. The Labute approximate surface area is 180 Å². The maximum absolute atomic E-state index is 12.9. The van der Waals surface area contributed by atoms with Crippen molar-refractivity contribution >= 4 is 17.5 Å². The zero-order valence-electron chi connectivity index (χ0n) is 17.9. The summed E-state index contributed by atoms with van der Waals surface area (Å²) >= 11 is 5.95. The Morgan fingerprint density at radius 1 is 1.14 bits per heavy atom. The summed E-state index contributed by atoms with van der Waals surface area (Å²) < 4.78 is 0. The molecule has 1 aromatic carbocycles. The van der Waals surface area contributed by atoms with Crippen LogP contribution in [-0.2, 0) is 11.2 Å². The zero-order valence-corrected chi connectivity index (χ0v) is 18.7. The van der Waals surface area contributed by atoms with Gasteiger partial charge in [0.15, 0.2) is 0 Å². The summed E-state index contributed by atoms with van der Waals surface area (Å²) in [5.74, 6) is 0.744. The standard InChI is InChI=1S/C23H37ClN4O/c1-17(2)16-28(20-7-11-26-12-8-20)21-9-13-27(14-10-21)23(29)22(25)15-18-3-5-19(24)6-4-18/h3-6,17,20-22,26H,7-16,25H2,1-2H3/t22-/m1/s1. The summed E-state index contributed by atoms with van der Waals surface area (Å²) in [7, 11) is 0. The minimum absolute atomic E-state index is 0.0793. The van der Waals surface area contributed by atoms with Gasteiger partial charge >= 0.3 is 0 Å². The molecule has 2 heterocycles. The van der Waals surface area contributed by atoms with Gasteiger partial charge in [0.1, 0.15) is 0 Å². The molecule has 3 rings (SSSR count). The van der Waals surface area contributed by atoms with Crippen LogP contribution in [0.5, 0.6) is 0 Å². The van der Waals surface area contributed by atoms with Gasteiger partial charge in [0, 0.05) is 36.7 Å². The molecule has 2 saturated heterocycles. The number of benzene rings is 1. The number of hydrogen-bond acceptors (Lipinski definition) is 4. The summed E-state index contributed by atoms with van der Waals surface area (Å²) in [6.07, 6.45) is 5.13. The second kappa shape index (κ2) is 10.8. The Morgan fingerprint density at radius 3 is 2.31 bits per heavy atom. The van der Waals surface area contributed by atoms with Crippen molar-refractivity contribution < 1.29 is 4.79 Å². The second-order valence-corrected chi connectivity index (χ2v) is 9.50. The predicted octanol–water partition coefficient (Wildman–Crippen LogP) is 2.91. The predicted molar refractivity (Wildman–Crippen MR) is 120 cm³/mol. The lowest BCUT2D eigenvalue weighted by Crippen LogP contribution is -2.55. The van der Waals surface area contributed by atoms with Gasteiger partial charge in [0.05, 0.1) is 6.04 Å². The summed E-state index contributed by atoms with van der Waals surface area (Å²) in [6.45, 7) is 9.64. The van der Waals surface area contributed by atoms with Crippen LogP contribution in [0.1, 0.15) is 45.1 Å². The molecule has 0 aromatic heterocycles. The van der Waals surface area contributed by atoms with E-state index in [-0.39, 0.29) is 5.91 Å². The van der Waals surface area contributed by atoms with Gasteiger partial charge in [-0.1, -0.05) is 37.6 Å². The molecule has 0 saturated carbocycles. The minimum atomic E-state index is -0.482. The highest BCUT2D eigenvalue weighted by Crippen LogP contribution is 2.24. The lowest BCUT2D eigenvalue weighted by molar-refractivity contribution is -0.134. The van der Waals surface area contributed by atoms with Crippen molar-refractivity contribution in [3.05, 3.63) is 34.9 Å². The zero-order chi connectivity index (χ0) is 20.8. The van der Waals surface area contributed by atoms with E-state index >= 15 is 0 Å². The van der Waals surface area contributed by atoms with E-state index in [2.05, 4.69) is 24.1 Å². The third-order valence-electron chi connectivity index (χ3n) is 6.28. The molecule has 3 N–H and O–H groups in total. The van der Waals surface area contributed by atoms with Crippen LogP contribution >= 0.6 is 11.6 Å². The summed E-state index contributed by atoms with van der Waals surface area (Å²) in [5.41, 5.74) is 7.31. The highest BCUT2D eigenvalue weighted by molar-refractivity contribution is 6.30. The SMILES string of the molecule is CC(C)CN(C1CCNCC1)C1CCN(C(=O)[C@H](N)Cc2ccc(Cl)cc2)CC1. The fourth-order valence-electron chi connectivity index (χ4n) is 4.77. The monoisotopic (exact) mass is 420 g/mol. The number of nitrogens with zero attached hydrogens (tertiary/aromatic N) is 2. The molecule has 2 aliphatic heterocycles. The van der Waals surface area contributed by atoms with E-state index in [1.165, 1.54) is 12.8 Å². The van der Waals surface area contributed by atoms with Gasteiger partial charge < -0.3 is 16.0 Å². The molecule has 162 valence electrons. The molecule has 29 heavy (non-hydrogen) atoms. The molecule has 0 radical (unpaired) electrons. The minimum Gasteiger partial charge on any atom is -0.341 e. The number of nitrogens with two attached hydrogens (primary N) is 1. The molecule has 1 amide bonds. The summed E-state index contributed by atoms with van der Waals surface area (Å²) in [5, 5.41) is 4.19. The van der Waals surface area contributed by atoms with Crippen LogP contribution in [-0.4, -0.2) is 66.6 Å². The Hall–Kier alpha value is -1.14. The van der Waals surface area contributed by atoms with Gasteiger partial charge in [-0.3, -0.25) is 9.69 Å². The van der Waals surface area contributed by atoms with E-state index in [1.54, 1.807) is 0 Å². The van der Waals surface area contributed by atoms with Gasteiger partial charge in [-0.15, -0.1) is 0 Å². The van der Waals surface area contributed by atoms with E-state index in [4.69, 9.17) is 17.3 Å². The van der Waals surface area contributed by atoms with Crippen molar-refractivity contribution in [2.45, 2.75) is 64.1 Å². The van der Waals surface area contributed by atoms with Gasteiger partial charge in [0.25, 0.3) is 0 Å². The number of carbonyl (C=O) groups excluding carboxylic acids is 1. The van der Waals surface area contributed by atoms with E-state index < -0.39 is 6.04 Å². The number of nitrogens with one attached hydrogen (secondary N) is 1. The first-order valence-electron chi connectivity index (χ1n) is 11.2. The quantitative estimate of drug-likeness (QED) is 0.711. The van der Waals surface area contributed by atoms with Gasteiger partial charge in [-0.2, -0.15) is 0 Å². The van der Waals surface area contributed by atoms with Crippen LogP contribution in [0.3, 0.4) is 0 Å². The number of hydrogen-bond donors (Lipinski definition) is 2. The van der Waals surface area contributed by atoms with Crippen LogP contribution in [0, 0.1) is 5.92 Å². The molecule has 5 nitrogen and oxygen atoms in total. The molecule has 6 heteroatoms. The molecule has 0 spiro atoms. The van der Waals surface area contributed by atoms with Crippen LogP contribution in [0.4, 0.5) is 0 Å². The molecular weight excluding hydrogens is 384 g/mol. The Bertz CT molecular complexity index is 637. The van der Waals surface area contributed by atoms with Crippen molar-refractivity contribution in [3.8, 4) is 0 Å². The lowest BCUT2D eigenvalue weighted by atomic mass is 9.95. The number of piperidine rings is 2. The van der Waals surface area contributed by atoms with Crippen LogP contribution < -0.4 is 11.1 Å². The van der Waals surface area contributed by atoms with Crippen molar-refractivity contribution in [3.63, 3.8) is 0 Å². The molecular formula is C23H37ClN4O. The van der Waals surface area contributed by atoms with Crippen molar-refractivity contribution in [1.82, 2.24) is 15.1 Å². The maximum Gasteiger partial charge on any atom is 0.239 e. The van der Waals surface area contributed by atoms with Crippen molar-refractivity contribution in [1.29, 1.82) is 0 Å².